The molecule has 110 valence electrons. The zero-order valence-corrected chi connectivity index (χ0v) is 12.5. The summed E-state index contributed by atoms with van der Waals surface area (Å²) in [5, 5.41) is 2.61. The molecule has 1 aliphatic carbocycles. The molecule has 1 saturated carbocycles. The highest BCUT2D eigenvalue weighted by Crippen LogP contribution is 2.51. The van der Waals surface area contributed by atoms with Gasteiger partial charge in [0.2, 0.25) is 0 Å². The third-order valence-electron chi connectivity index (χ3n) is 3.24. The minimum Gasteiger partial charge on any atom is -0.389 e. The fourth-order valence-corrected chi connectivity index (χ4v) is 3.16. The van der Waals surface area contributed by atoms with Crippen LogP contribution in [0.15, 0.2) is 23.1 Å². The Morgan fingerprint density at radius 1 is 1.45 bits per heavy atom. The van der Waals surface area contributed by atoms with Crippen LogP contribution in [0.2, 0.25) is 0 Å². The molecule has 7 heteroatoms. The number of thiocarbonyl (C=S) groups is 1. The van der Waals surface area contributed by atoms with Crippen molar-refractivity contribution in [1.29, 1.82) is 0 Å². The Morgan fingerprint density at radius 2 is 2.10 bits per heavy atom. The Bertz CT molecular complexity index is 525. The summed E-state index contributed by atoms with van der Waals surface area (Å²) in [6.45, 7) is 1.96. The topological polar surface area (TPSA) is 38.0 Å². The lowest BCUT2D eigenvalue weighted by atomic mass is 10.1. The third kappa shape index (κ3) is 2.88. The number of nitrogens with two attached hydrogens (primary N) is 1. The van der Waals surface area contributed by atoms with Gasteiger partial charge in [0.1, 0.15) is 10.5 Å². The van der Waals surface area contributed by atoms with E-state index in [0.717, 1.165) is 10.6 Å². The summed E-state index contributed by atoms with van der Waals surface area (Å²) in [4.78, 5) is 0.921. The molecule has 0 heterocycles. The lowest BCUT2D eigenvalue weighted by Gasteiger charge is -2.24. The van der Waals surface area contributed by atoms with Gasteiger partial charge in [-0.15, -0.1) is 11.8 Å². The number of hydrogen-bond acceptors (Lipinski definition) is 3. The van der Waals surface area contributed by atoms with Crippen LogP contribution in [0.4, 0.5) is 18.9 Å². The number of anilines is 1. The lowest BCUT2D eigenvalue weighted by molar-refractivity contribution is -0.151. The van der Waals surface area contributed by atoms with Crippen molar-refractivity contribution in [1.82, 2.24) is 0 Å². The first kappa shape index (κ1) is 15.4. The van der Waals surface area contributed by atoms with Crippen molar-refractivity contribution in [2.75, 3.05) is 11.1 Å². The van der Waals surface area contributed by atoms with Gasteiger partial charge < -0.3 is 11.1 Å². The van der Waals surface area contributed by atoms with E-state index in [1.165, 1.54) is 11.8 Å². The quantitative estimate of drug-likeness (QED) is 0.636. The van der Waals surface area contributed by atoms with Gasteiger partial charge in [0, 0.05) is 16.1 Å². The number of nitrogens with one attached hydrogen (secondary N) is 1. The molecular weight excluding hydrogens is 305 g/mol. The maximum absolute atomic E-state index is 13.0. The maximum Gasteiger partial charge on any atom is 0.411 e. The standard InChI is InChI=1S/C13H15F3N2S2/c1-2-20-9-5-3-4-8(10(9)11(17)19)18-12(6-7-12)13(14,15)16/h3-5,18H,2,6-7H2,1H3,(H2,17,19). The van der Waals surface area contributed by atoms with E-state index in [-0.39, 0.29) is 17.8 Å². The summed E-state index contributed by atoms with van der Waals surface area (Å²) in [6, 6.07) is 5.13. The van der Waals surface area contributed by atoms with Gasteiger partial charge in [-0.1, -0.05) is 25.2 Å². The molecule has 0 spiro atoms. The Kier molecular flexibility index (Phi) is 4.20. The first-order chi connectivity index (χ1) is 9.31. The van der Waals surface area contributed by atoms with Gasteiger partial charge in [-0.05, 0) is 30.7 Å². The third-order valence-corrected chi connectivity index (χ3v) is 4.38. The first-order valence-electron chi connectivity index (χ1n) is 6.21. The minimum absolute atomic E-state index is 0.0818. The van der Waals surface area contributed by atoms with Crippen molar-refractivity contribution < 1.29 is 13.2 Å². The average molecular weight is 320 g/mol. The van der Waals surface area contributed by atoms with Gasteiger partial charge in [0.25, 0.3) is 0 Å². The molecule has 1 fully saturated rings. The van der Waals surface area contributed by atoms with E-state index >= 15 is 0 Å². The highest BCUT2D eigenvalue weighted by atomic mass is 32.2. The molecular formula is C13H15F3N2S2. The fourth-order valence-electron chi connectivity index (χ4n) is 2.03. The van der Waals surface area contributed by atoms with E-state index in [9.17, 15) is 13.2 Å². The van der Waals surface area contributed by atoms with Crippen LogP contribution >= 0.6 is 24.0 Å². The van der Waals surface area contributed by atoms with Crippen LogP contribution in [-0.4, -0.2) is 22.5 Å². The van der Waals surface area contributed by atoms with Crippen molar-refractivity contribution in [2.45, 2.75) is 36.4 Å². The normalized spacial score (nSPS) is 16.8. The molecule has 1 aromatic carbocycles. The number of benzene rings is 1. The number of alkyl halides is 3. The molecule has 0 amide bonds. The van der Waals surface area contributed by atoms with Crippen molar-refractivity contribution in [3.05, 3.63) is 23.8 Å². The van der Waals surface area contributed by atoms with Crippen LogP contribution in [0, 0.1) is 0 Å². The van der Waals surface area contributed by atoms with Crippen LogP contribution < -0.4 is 11.1 Å². The molecule has 3 N–H and O–H groups in total. The molecule has 0 aromatic heterocycles. The van der Waals surface area contributed by atoms with Crippen molar-refractivity contribution in [3.63, 3.8) is 0 Å². The Balaban J connectivity index is 2.37. The second-order valence-electron chi connectivity index (χ2n) is 4.68. The van der Waals surface area contributed by atoms with E-state index in [0.29, 0.717) is 11.3 Å². The van der Waals surface area contributed by atoms with Crippen LogP contribution in [0.1, 0.15) is 25.3 Å². The predicted molar refractivity (Wildman–Crippen MR) is 80.4 cm³/mol. The molecule has 2 nitrogen and oxygen atoms in total. The summed E-state index contributed by atoms with van der Waals surface area (Å²) in [5.41, 5.74) is 4.74. The SMILES string of the molecule is CCSc1cccc(NC2(C(F)(F)F)CC2)c1C(N)=S. The lowest BCUT2D eigenvalue weighted by Crippen LogP contribution is -2.39. The number of rotatable bonds is 5. The van der Waals surface area contributed by atoms with E-state index in [1.54, 1.807) is 12.1 Å². The predicted octanol–water partition coefficient (Wildman–Crippen LogP) is 3.94. The van der Waals surface area contributed by atoms with Crippen LogP contribution in [0.3, 0.4) is 0 Å². The maximum atomic E-state index is 13.0. The van der Waals surface area contributed by atoms with E-state index < -0.39 is 11.7 Å². The monoisotopic (exact) mass is 320 g/mol. The highest BCUT2D eigenvalue weighted by molar-refractivity contribution is 7.99. The summed E-state index contributed by atoms with van der Waals surface area (Å²) in [5.74, 6) is 0.795. The molecule has 0 aliphatic heterocycles. The molecule has 0 saturated heterocycles. The first-order valence-corrected chi connectivity index (χ1v) is 7.60. The second-order valence-corrected chi connectivity index (χ2v) is 6.43. The Morgan fingerprint density at radius 3 is 2.55 bits per heavy atom. The van der Waals surface area contributed by atoms with Gasteiger partial charge in [-0.2, -0.15) is 13.2 Å². The number of halogens is 3. The van der Waals surface area contributed by atoms with Crippen LogP contribution in [-0.2, 0) is 0 Å². The van der Waals surface area contributed by atoms with Crippen LogP contribution in [0.5, 0.6) is 0 Å². The second kappa shape index (κ2) is 5.44. The van der Waals surface area contributed by atoms with Gasteiger partial charge in [-0.25, -0.2) is 0 Å². The van der Waals surface area contributed by atoms with Crippen LogP contribution in [0.25, 0.3) is 0 Å². The molecule has 0 atom stereocenters. The van der Waals surface area contributed by atoms with Crippen molar-refractivity contribution >= 4 is 34.7 Å². The summed E-state index contributed by atoms with van der Waals surface area (Å²) in [7, 11) is 0. The van der Waals surface area contributed by atoms with Gasteiger partial charge >= 0.3 is 6.18 Å². The molecule has 0 radical (unpaired) electrons. The smallest absolute Gasteiger partial charge is 0.389 e. The van der Waals surface area contributed by atoms with Gasteiger partial charge in [0.15, 0.2) is 0 Å². The molecule has 0 unspecified atom stereocenters. The Hall–Kier alpha value is -0.950. The molecule has 20 heavy (non-hydrogen) atoms. The van der Waals surface area contributed by atoms with Crippen molar-refractivity contribution in [3.8, 4) is 0 Å². The average Bonchev–Trinajstić information content (AvgIpc) is 3.09. The number of hydrogen-bond donors (Lipinski definition) is 2. The molecule has 1 aliphatic rings. The minimum atomic E-state index is -4.27. The Labute approximate surface area is 125 Å². The van der Waals surface area contributed by atoms with Gasteiger partial charge in [0.05, 0.1) is 0 Å². The number of thioether (sulfide) groups is 1. The van der Waals surface area contributed by atoms with E-state index in [2.05, 4.69) is 5.32 Å². The van der Waals surface area contributed by atoms with Gasteiger partial charge in [-0.3, -0.25) is 0 Å². The molecule has 2 rings (SSSR count). The largest absolute Gasteiger partial charge is 0.411 e. The van der Waals surface area contributed by atoms with E-state index in [4.69, 9.17) is 18.0 Å². The highest BCUT2D eigenvalue weighted by Gasteiger charge is 2.63. The molecule has 0 bridgehead atoms. The summed E-state index contributed by atoms with van der Waals surface area (Å²) < 4.78 is 39.1. The van der Waals surface area contributed by atoms with Crippen molar-refractivity contribution in [2.24, 2.45) is 5.73 Å². The fraction of sp³-hybridized carbons (Fsp3) is 0.462. The zero-order chi connectivity index (χ0) is 15.0. The molecule has 1 aromatic rings. The zero-order valence-electron chi connectivity index (χ0n) is 10.9. The summed E-state index contributed by atoms with van der Waals surface area (Å²) >= 11 is 6.51. The summed E-state index contributed by atoms with van der Waals surface area (Å²) in [6.07, 6.45) is -4.11. The van der Waals surface area contributed by atoms with E-state index in [1.807, 2.05) is 13.0 Å².